The van der Waals surface area contributed by atoms with Gasteiger partial charge in [0.05, 0.1) is 19.4 Å². The Kier molecular flexibility index (Phi) is 6.75. The van der Waals surface area contributed by atoms with Crippen molar-refractivity contribution in [3.63, 3.8) is 0 Å². The molecule has 0 radical (unpaired) electrons. The van der Waals surface area contributed by atoms with E-state index in [0.29, 0.717) is 26.2 Å². The molecular weight excluding hydrogens is 404 g/mol. The fourth-order valence-corrected chi connectivity index (χ4v) is 3.94. The number of nitrogens with zero attached hydrogens (tertiary/aromatic N) is 3. The molecule has 4 rings (SSSR count). The Balaban J connectivity index is 1.23. The van der Waals surface area contributed by atoms with Crippen LogP contribution in [-0.4, -0.2) is 65.2 Å². The second kappa shape index (κ2) is 10.0. The number of nitrogens with one attached hydrogen (secondary N) is 1. The molecule has 1 aromatic heterocycles. The highest BCUT2D eigenvalue weighted by Gasteiger charge is 2.24. The summed E-state index contributed by atoms with van der Waals surface area (Å²) in [7, 11) is 0. The zero-order valence-electron chi connectivity index (χ0n) is 17.9. The number of fused-ring (bicyclic) bond motifs is 1. The van der Waals surface area contributed by atoms with Crippen molar-refractivity contribution < 1.29 is 14.4 Å². The predicted octanol–water partition coefficient (Wildman–Crippen LogP) is 1.81. The molecule has 3 amide bonds. The van der Waals surface area contributed by atoms with E-state index in [1.54, 1.807) is 16.0 Å². The van der Waals surface area contributed by atoms with Gasteiger partial charge in [-0.15, -0.1) is 0 Å². The summed E-state index contributed by atoms with van der Waals surface area (Å²) in [4.78, 5) is 45.1. The second-order valence-corrected chi connectivity index (χ2v) is 7.85. The molecule has 2 aromatic carbocycles. The zero-order valence-corrected chi connectivity index (χ0v) is 17.9. The van der Waals surface area contributed by atoms with Gasteiger partial charge in [-0.1, -0.05) is 48.5 Å². The summed E-state index contributed by atoms with van der Waals surface area (Å²) in [5, 5.41) is 4.87. The van der Waals surface area contributed by atoms with Crippen LogP contribution >= 0.6 is 0 Å². The lowest BCUT2D eigenvalue weighted by Crippen LogP contribution is -2.53. The van der Waals surface area contributed by atoms with E-state index in [4.69, 9.17) is 0 Å². The molecule has 7 heteroatoms. The van der Waals surface area contributed by atoms with Gasteiger partial charge in [-0.2, -0.15) is 0 Å². The Morgan fingerprint density at radius 3 is 2.22 bits per heavy atom. The molecular formula is C25H26N4O3. The summed E-state index contributed by atoms with van der Waals surface area (Å²) in [5.41, 5.74) is 1.68. The molecule has 1 saturated heterocycles. The molecule has 32 heavy (non-hydrogen) atoms. The van der Waals surface area contributed by atoms with Gasteiger partial charge in [0.1, 0.15) is 0 Å². The van der Waals surface area contributed by atoms with Crippen molar-refractivity contribution in [1.82, 2.24) is 20.1 Å². The molecule has 2 heterocycles. The van der Waals surface area contributed by atoms with Gasteiger partial charge in [0.2, 0.25) is 17.7 Å². The minimum absolute atomic E-state index is 0.0131. The standard InChI is InChI=1S/C25H26N4O3/c30-23(16-20-8-5-7-19-6-1-2-10-22(19)20)27-18-25(32)29-14-12-28(13-15-29)24(31)17-21-9-3-4-11-26-21/h1-11H,12-18H2,(H,27,30). The maximum atomic E-state index is 12.5. The number of hydrogen-bond donors (Lipinski definition) is 1. The van der Waals surface area contributed by atoms with Crippen LogP contribution < -0.4 is 5.32 Å². The number of piperazine rings is 1. The van der Waals surface area contributed by atoms with Gasteiger partial charge in [-0.05, 0) is 28.5 Å². The number of pyridine rings is 1. The van der Waals surface area contributed by atoms with Crippen molar-refractivity contribution in [3.05, 3.63) is 78.1 Å². The first kappa shape index (κ1) is 21.5. The average Bonchev–Trinajstić information content (AvgIpc) is 2.83. The largest absolute Gasteiger partial charge is 0.347 e. The van der Waals surface area contributed by atoms with Crippen molar-refractivity contribution in [2.24, 2.45) is 0 Å². The number of aromatic nitrogens is 1. The number of benzene rings is 2. The van der Waals surface area contributed by atoms with Gasteiger partial charge in [0, 0.05) is 38.1 Å². The lowest BCUT2D eigenvalue weighted by molar-refractivity contribution is -0.139. The summed E-state index contributed by atoms with van der Waals surface area (Å²) in [5.74, 6) is -0.300. The molecule has 0 atom stereocenters. The molecule has 0 bridgehead atoms. The van der Waals surface area contributed by atoms with Gasteiger partial charge in [-0.25, -0.2) is 0 Å². The van der Waals surface area contributed by atoms with E-state index in [1.165, 1.54) is 0 Å². The highest BCUT2D eigenvalue weighted by molar-refractivity contribution is 5.91. The maximum absolute atomic E-state index is 12.5. The van der Waals surface area contributed by atoms with Crippen LogP contribution in [0.4, 0.5) is 0 Å². The van der Waals surface area contributed by atoms with Gasteiger partial charge >= 0.3 is 0 Å². The Labute approximate surface area is 187 Å². The van der Waals surface area contributed by atoms with Crippen molar-refractivity contribution in [3.8, 4) is 0 Å². The first-order valence-electron chi connectivity index (χ1n) is 10.8. The van der Waals surface area contributed by atoms with Crippen LogP contribution in [0, 0.1) is 0 Å². The monoisotopic (exact) mass is 430 g/mol. The van der Waals surface area contributed by atoms with Crippen LogP contribution in [0.5, 0.6) is 0 Å². The Hall–Kier alpha value is -3.74. The molecule has 0 spiro atoms. The van der Waals surface area contributed by atoms with Gasteiger partial charge in [-0.3, -0.25) is 19.4 Å². The van der Waals surface area contributed by atoms with Crippen LogP contribution in [-0.2, 0) is 27.2 Å². The fraction of sp³-hybridized carbons (Fsp3) is 0.280. The van der Waals surface area contributed by atoms with Crippen molar-refractivity contribution >= 4 is 28.5 Å². The van der Waals surface area contributed by atoms with E-state index >= 15 is 0 Å². The number of amides is 3. The molecule has 1 N–H and O–H groups in total. The van der Waals surface area contributed by atoms with Crippen molar-refractivity contribution in [1.29, 1.82) is 0 Å². The lowest BCUT2D eigenvalue weighted by atomic mass is 10.0. The van der Waals surface area contributed by atoms with Crippen LogP contribution in [0.2, 0.25) is 0 Å². The topological polar surface area (TPSA) is 82.6 Å². The Morgan fingerprint density at radius 2 is 1.47 bits per heavy atom. The Morgan fingerprint density at radius 1 is 0.781 bits per heavy atom. The number of rotatable bonds is 6. The van der Waals surface area contributed by atoms with E-state index in [9.17, 15) is 14.4 Å². The average molecular weight is 431 g/mol. The second-order valence-electron chi connectivity index (χ2n) is 7.85. The summed E-state index contributed by atoms with van der Waals surface area (Å²) in [6, 6.07) is 19.3. The van der Waals surface area contributed by atoms with Crippen molar-refractivity contribution in [2.75, 3.05) is 32.7 Å². The molecule has 0 unspecified atom stereocenters. The highest BCUT2D eigenvalue weighted by Crippen LogP contribution is 2.18. The fourth-order valence-electron chi connectivity index (χ4n) is 3.94. The number of carbonyl (C=O) groups is 3. The van der Waals surface area contributed by atoms with Crippen LogP contribution in [0.15, 0.2) is 66.9 Å². The summed E-state index contributed by atoms with van der Waals surface area (Å²) >= 11 is 0. The van der Waals surface area contributed by atoms with Crippen LogP contribution in [0.1, 0.15) is 11.3 Å². The summed E-state index contributed by atoms with van der Waals surface area (Å²) in [6.45, 7) is 1.87. The van der Waals surface area contributed by atoms with Crippen molar-refractivity contribution in [2.45, 2.75) is 12.8 Å². The number of carbonyl (C=O) groups excluding carboxylic acids is 3. The van der Waals surface area contributed by atoms with Crippen LogP contribution in [0.3, 0.4) is 0 Å². The van der Waals surface area contributed by atoms with E-state index in [-0.39, 0.29) is 37.1 Å². The first-order valence-corrected chi connectivity index (χ1v) is 10.8. The maximum Gasteiger partial charge on any atom is 0.242 e. The Bertz CT molecular complexity index is 1100. The van der Waals surface area contributed by atoms with Gasteiger partial charge in [0.25, 0.3) is 0 Å². The summed E-state index contributed by atoms with van der Waals surface area (Å²) < 4.78 is 0. The van der Waals surface area contributed by atoms with Crippen LogP contribution in [0.25, 0.3) is 10.8 Å². The van der Waals surface area contributed by atoms with E-state index in [0.717, 1.165) is 22.0 Å². The molecule has 164 valence electrons. The number of hydrogen-bond acceptors (Lipinski definition) is 4. The van der Waals surface area contributed by atoms with Gasteiger partial charge in [0.15, 0.2) is 0 Å². The molecule has 1 fully saturated rings. The SMILES string of the molecule is O=C(Cc1cccc2ccccc12)NCC(=O)N1CCN(C(=O)Cc2ccccn2)CC1. The summed E-state index contributed by atoms with van der Waals surface area (Å²) in [6.07, 6.45) is 2.16. The molecule has 1 aliphatic heterocycles. The van der Waals surface area contributed by atoms with Gasteiger partial charge < -0.3 is 15.1 Å². The molecule has 1 aliphatic rings. The molecule has 3 aromatic rings. The molecule has 0 saturated carbocycles. The zero-order chi connectivity index (χ0) is 22.3. The van der Waals surface area contributed by atoms with E-state index in [1.807, 2.05) is 60.7 Å². The highest BCUT2D eigenvalue weighted by atomic mass is 16.2. The molecule has 0 aliphatic carbocycles. The van der Waals surface area contributed by atoms with E-state index in [2.05, 4.69) is 10.3 Å². The quantitative estimate of drug-likeness (QED) is 0.647. The minimum Gasteiger partial charge on any atom is -0.347 e. The third-order valence-corrected chi connectivity index (χ3v) is 5.71. The first-order chi connectivity index (χ1) is 15.6. The normalized spacial score (nSPS) is 13.8. The smallest absolute Gasteiger partial charge is 0.242 e. The molecule has 7 nitrogen and oxygen atoms in total. The third-order valence-electron chi connectivity index (χ3n) is 5.71. The lowest BCUT2D eigenvalue weighted by Gasteiger charge is -2.34. The minimum atomic E-state index is -0.182. The predicted molar refractivity (Wildman–Crippen MR) is 122 cm³/mol. The third kappa shape index (κ3) is 5.29. The van der Waals surface area contributed by atoms with E-state index < -0.39 is 0 Å².